The zero-order valence-corrected chi connectivity index (χ0v) is 24.9. The van der Waals surface area contributed by atoms with Crippen LogP contribution in [0.2, 0.25) is 0 Å². The second-order valence-electron chi connectivity index (χ2n) is 10.3. The van der Waals surface area contributed by atoms with Gasteiger partial charge in [0.25, 0.3) is 0 Å². The Balaban J connectivity index is 1.33. The molecular weight excluding hydrogens is 558 g/mol. The number of halogens is 2. The van der Waals surface area contributed by atoms with E-state index in [0.29, 0.717) is 35.9 Å². The minimum atomic E-state index is -0.928. The first kappa shape index (κ1) is 30.4. The van der Waals surface area contributed by atoms with Crippen molar-refractivity contribution in [3.05, 3.63) is 126 Å². The fourth-order valence-corrected chi connectivity index (χ4v) is 5.05. The lowest BCUT2D eigenvalue weighted by Gasteiger charge is -2.16. The molecule has 10 heteroatoms. The largest absolute Gasteiger partial charge is 0.386 e. The average Bonchev–Trinajstić information content (AvgIpc) is 3.47. The van der Waals surface area contributed by atoms with Crippen molar-refractivity contribution in [3.63, 3.8) is 0 Å². The lowest BCUT2D eigenvalue weighted by atomic mass is 10.0. The van der Waals surface area contributed by atoms with E-state index in [-0.39, 0.29) is 17.5 Å². The van der Waals surface area contributed by atoms with Crippen LogP contribution in [-0.4, -0.2) is 46.0 Å². The normalized spacial score (nSPS) is 11.0. The lowest BCUT2D eigenvalue weighted by Crippen LogP contribution is -2.29. The van der Waals surface area contributed by atoms with Gasteiger partial charge in [-0.1, -0.05) is 38.3 Å². The molecule has 2 aromatic carbocycles. The third-order valence-corrected chi connectivity index (χ3v) is 7.27. The molecule has 5 aromatic rings. The van der Waals surface area contributed by atoms with Crippen LogP contribution in [0.5, 0.6) is 0 Å². The molecule has 0 saturated heterocycles. The van der Waals surface area contributed by atoms with Gasteiger partial charge in [-0.3, -0.25) is 9.38 Å². The van der Waals surface area contributed by atoms with Gasteiger partial charge in [0.15, 0.2) is 23.1 Å². The summed E-state index contributed by atoms with van der Waals surface area (Å²) in [6, 6.07) is 14.6. The van der Waals surface area contributed by atoms with E-state index in [1.807, 2.05) is 25.2 Å². The molecule has 0 aliphatic carbocycles. The second-order valence-corrected chi connectivity index (χ2v) is 10.3. The molecule has 0 aliphatic rings. The molecular formula is C34H36F2N8. The number of nitrogens with zero attached hydrogens (tertiary/aromatic N) is 4. The molecule has 0 bridgehead atoms. The van der Waals surface area contributed by atoms with Crippen molar-refractivity contribution in [1.82, 2.24) is 35.3 Å². The molecule has 44 heavy (non-hydrogen) atoms. The van der Waals surface area contributed by atoms with Crippen molar-refractivity contribution in [2.75, 3.05) is 32.0 Å². The van der Waals surface area contributed by atoms with E-state index >= 15 is 8.78 Å². The first-order valence-electron chi connectivity index (χ1n) is 14.5. The van der Waals surface area contributed by atoms with Gasteiger partial charge >= 0.3 is 0 Å². The fourth-order valence-electron chi connectivity index (χ4n) is 5.05. The molecule has 8 nitrogen and oxygen atoms in total. The highest BCUT2D eigenvalue weighted by molar-refractivity contribution is 5.76. The van der Waals surface area contributed by atoms with Crippen LogP contribution in [-0.2, 0) is 12.8 Å². The van der Waals surface area contributed by atoms with Crippen LogP contribution >= 0.6 is 0 Å². The number of benzene rings is 2. The summed E-state index contributed by atoms with van der Waals surface area (Å²) < 4.78 is 32.2. The molecule has 0 aliphatic heterocycles. The summed E-state index contributed by atoms with van der Waals surface area (Å²) in [5, 5.41) is 13.1. The summed E-state index contributed by atoms with van der Waals surface area (Å²) in [6.07, 6.45) is 7.44. The van der Waals surface area contributed by atoms with Crippen molar-refractivity contribution in [3.8, 4) is 11.3 Å². The molecule has 0 radical (unpaired) electrons. The van der Waals surface area contributed by atoms with E-state index < -0.39 is 11.6 Å². The van der Waals surface area contributed by atoms with Crippen molar-refractivity contribution in [2.24, 2.45) is 0 Å². The summed E-state index contributed by atoms with van der Waals surface area (Å²) in [5.41, 5.74) is 6.66. The second kappa shape index (κ2) is 13.9. The Bertz CT molecular complexity index is 1780. The van der Waals surface area contributed by atoms with Crippen LogP contribution in [0.4, 0.5) is 20.3 Å². The number of anilines is 2. The molecule has 0 fully saturated rings. The van der Waals surface area contributed by atoms with Gasteiger partial charge in [0, 0.05) is 78.5 Å². The minimum Gasteiger partial charge on any atom is -0.386 e. The molecule has 226 valence electrons. The average molecular weight is 595 g/mol. The highest BCUT2D eigenvalue weighted by Gasteiger charge is 2.19. The van der Waals surface area contributed by atoms with Gasteiger partial charge in [0.05, 0.1) is 11.9 Å². The Morgan fingerprint density at radius 3 is 2.52 bits per heavy atom. The quantitative estimate of drug-likeness (QED) is 0.120. The smallest absolute Gasteiger partial charge is 0.180 e. The van der Waals surface area contributed by atoms with Crippen LogP contribution < -0.4 is 21.3 Å². The Morgan fingerprint density at radius 2 is 1.75 bits per heavy atom. The van der Waals surface area contributed by atoms with E-state index in [1.165, 1.54) is 6.20 Å². The number of nitrogens with one attached hydrogen (secondary N) is 4. The first-order valence-corrected chi connectivity index (χ1v) is 14.5. The molecule has 0 unspecified atom stereocenters. The zero-order valence-electron chi connectivity index (χ0n) is 24.9. The van der Waals surface area contributed by atoms with E-state index in [0.717, 1.165) is 41.2 Å². The maximum absolute atomic E-state index is 15.4. The molecule has 3 heterocycles. The summed E-state index contributed by atoms with van der Waals surface area (Å²) in [6.45, 7) is 12.4. The number of pyridine rings is 1. The SMILES string of the molecule is C=C(CNC)NCCNC(=C)c1ccc(Nc2nccn3c(-c4ccc(Cc5ccccn5)c(F)c4F)cnc23)cc1CC. The van der Waals surface area contributed by atoms with Gasteiger partial charge in [-0.25, -0.2) is 18.7 Å². The van der Waals surface area contributed by atoms with Crippen molar-refractivity contribution < 1.29 is 8.78 Å². The number of aromatic nitrogens is 4. The summed E-state index contributed by atoms with van der Waals surface area (Å²) in [5.74, 6) is -1.33. The predicted molar refractivity (Wildman–Crippen MR) is 173 cm³/mol. The molecule has 3 aromatic heterocycles. The van der Waals surface area contributed by atoms with E-state index in [1.54, 1.807) is 47.3 Å². The Kier molecular flexibility index (Phi) is 9.61. The monoisotopic (exact) mass is 594 g/mol. The first-order chi connectivity index (χ1) is 21.4. The third-order valence-electron chi connectivity index (χ3n) is 7.27. The number of fused-ring (bicyclic) bond motifs is 1. The van der Waals surface area contributed by atoms with Gasteiger partial charge in [-0.05, 0) is 54.9 Å². The zero-order chi connectivity index (χ0) is 31.1. The van der Waals surface area contributed by atoms with Crippen LogP contribution in [0.1, 0.15) is 29.3 Å². The molecule has 4 N–H and O–H groups in total. The molecule has 5 rings (SSSR count). The van der Waals surface area contributed by atoms with Crippen molar-refractivity contribution in [2.45, 2.75) is 19.8 Å². The van der Waals surface area contributed by atoms with Crippen LogP contribution in [0.25, 0.3) is 22.6 Å². The Hall–Kier alpha value is -5.09. The number of likely N-dealkylation sites (N-methyl/N-ethyl adjacent to an activating group) is 1. The number of imidazole rings is 1. The number of hydrogen-bond donors (Lipinski definition) is 4. The molecule has 0 saturated carbocycles. The third kappa shape index (κ3) is 6.76. The Labute approximate surface area is 256 Å². The van der Waals surface area contributed by atoms with Crippen molar-refractivity contribution >= 4 is 22.8 Å². The van der Waals surface area contributed by atoms with Crippen molar-refractivity contribution in [1.29, 1.82) is 0 Å². The van der Waals surface area contributed by atoms with E-state index in [4.69, 9.17) is 0 Å². The van der Waals surface area contributed by atoms with Gasteiger partial charge in [-0.2, -0.15) is 0 Å². The van der Waals surface area contributed by atoms with Gasteiger partial charge < -0.3 is 21.3 Å². The summed E-state index contributed by atoms with van der Waals surface area (Å²) in [4.78, 5) is 13.2. The fraction of sp³-hybridized carbons (Fsp3) is 0.206. The topological polar surface area (TPSA) is 91.2 Å². The molecule has 0 spiro atoms. The number of hydrogen-bond acceptors (Lipinski definition) is 7. The highest BCUT2D eigenvalue weighted by Crippen LogP contribution is 2.30. The molecule has 0 atom stereocenters. The highest BCUT2D eigenvalue weighted by atomic mass is 19.2. The van der Waals surface area contributed by atoms with Crippen LogP contribution in [0, 0.1) is 11.6 Å². The van der Waals surface area contributed by atoms with Crippen LogP contribution in [0.15, 0.2) is 92.2 Å². The Morgan fingerprint density at radius 1 is 0.909 bits per heavy atom. The van der Waals surface area contributed by atoms with E-state index in [2.05, 4.69) is 62.4 Å². The summed E-state index contributed by atoms with van der Waals surface area (Å²) >= 11 is 0. The minimum absolute atomic E-state index is 0.113. The van der Waals surface area contributed by atoms with Crippen LogP contribution in [0.3, 0.4) is 0 Å². The standard InChI is InChI=1S/C34H36F2N8/c1-5-24-18-27(10-12-28(24)23(3)39-15-14-38-22(2)20-37-4)43-33-34-42-21-30(44(34)17-16-41-33)29-11-9-25(31(35)32(29)36)19-26-8-6-7-13-40-26/h6-13,16-18,21,37-39H,2-3,5,14-15,19-20H2,1,4H3,(H,41,43). The van der Waals surface area contributed by atoms with Gasteiger partial charge in [-0.15, -0.1) is 0 Å². The molecule has 0 amide bonds. The number of rotatable bonds is 14. The summed E-state index contributed by atoms with van der Waals surface area (Å²) in [7, 11) is 1.88. The maximum atomic E-state index is 15.4. The maximum Gasteiger partial charge on any atom is 0.180 e. The van der Waals surface area contributed by atoms with E-state index in [9.17, 15) is 0 Å². The predicted octanol–water partition coefficient (Wildman–Crippen LogP) is 5.85. The van der Waals surface area contributed by atoms with Gasteiger partial charge in [0.1, 0.15) is 0 Å². The lowest BCUT2D eigenvalue weighted by molar-refractivity contribution is 0.502. The number of aryl methyl sites for hydroxylation is 1. The van der Waals surface area contributed by atoms with Gasteiger partial charge in [0.2, 0.25) is 0 Å².